The van der Waals surface area contributed by atoms with Crippen molar-refractivity contribution in [2.24, 2.45) is 5.41 Å². The van der Waals surface area contributed by atoms with E-state index in [2.05, 4.69) is 39.9 Å². The van der Waals surface area contributed by atoms with Crippen molar-refractivity contribution in [3.8, 4) is 0 Å². The van der Waals surface area contributed by atoms with Crippen LogP contribution < -0.4 is 5.32 Å². The van der Waals surface area contributed by atoms with Crippen LogP contribution in [0.4, 0.5) is 4.39 Å². The molecule has 110 valence electrons. The summed E-state index contributed by atoms with van der Waals surface area (Å²) in [6.45, 7) is 11.3. The van der Waals surface area contributed by atoms with Gasteiger partial charge in [-0.25, -0.2) is 4.39 Å². The summed E-state index contributed by atoms with van der Waals surface area (Å²) in [7, 11) is 0. The van der Waals surface area contributed by atoms with Gasteiger partial charge in [0.1, 0.15) is 5.82 Å². The van der Waals surface area contributed by atoms with Crippen molar-refractivity contribution in [1.29, 1.82) is 0 Å². The molecule has 0 heterocycles. The molecule has 0 spiro atoms. The van der Waals surface area contributed by atoms with E-state index >= 15 is 0 Å². The van der Waals surface area contributed by atoms with Crippen LogP contribution in [0.25, 0.3) is 0 Å². The summed E-state index contributed by atoms with van der Waals surface area (Å²) < 4.78 is 13.6. The number of benzene rings is 1. The van der Waals surface area contributed by atoms with Crippen molar-refractivity contribution in [1.82, 2.24) is 5.32 Å². The molecule has 0 aromatic heterocycles. The van der Waals surface area contributed by atoms with Crippen molar-refractivity contribution in [3.63, 3.8) is 0 Å². The van der Waals surface area contributed by atoms with Crippen LogP contribution in [0.5, 0.6) is 0 Å². The Morgan fingerprint density at radius 3 is 2.21 bits per heavy atom. The summed E-state index contributed by atoms with van der Waals surface area (Å²) in [4.78, 5) is 0. The molecule has 1 aromatic carbocycles. The molecule has 0 fully saturated rings. The lowest BCUT2D eigenvalue weighted by atomic mass is 9.82. The summed E-state index contributed by atoms with van der Waals surface area (Å²) in [5.41, 5.74) is 0.723. The van der Waals surface area contributed by atoms with Crippen molar-refractivity contribution in [3.05, 3.63) is 34.6 Å². The predicted octanol–water partition coefficient (Wildman–Crippen LogP) is 5.21. The average molecular weight is 308 g/mol. The van der Waals surface area contributed by atoms with Crippen molar-refractivity contribution < 1.29 is 4.39 Å². The highest BCUT2D eigenvalue weighted by atomic mass is 35.5. The fourth-order valence-electron chi connectivity index (χ4n) is 2.42. The van der Waals surface area contributed by atoms with Crippen molar-refractivity contribution in [2.75, 3.05) is 0 Å². The SMILES string of the molecule is CC(C)(C)CC(C)(C)NCc1c(F)cccc1Cl.Cl. The summed E-state index contributed by atoms with van der Waals surface area (Å²) in [6, 6.07) is 4.79. The Labute approximate surface area is 127 Å². The molecule has 0 aliphatic heterocycles. The second kappa shape index (κ2) is 6.92. The van der Waals surface area contributed by atoms with E-state index in [1.807, 2.05) is 0 Å². The Kier molecular flexibility index (Phi) is 6.80. The molecule has 0 amide bonds. The van der Waals surface area contributed by atoms with Gasteiger partial charge in [-0.15, -0.1) is 12.4 Å². The van der Waals surface area contributed by atoms with Crippen molar-refractivity contribution >= 4 is 24.0 Å². The number of nitrogens with one attached hydrogen (secondary N) is 1. The van der Waals surface area contributed by atoms with E-state index in [0.29, 0.717) is 17.1 Å². The Hall–Kier alpha value is -0.310. The molecule has 0 bridgehead atoms. The molecule has 19 heavy (non-hydrogen) atoms. The minimum absolute atomic E-state index is 0. The largest absolute Gasteiger partial charge is 0.308 e. The average Bonchev–Trinajstić information content (AvgIpc) is 2.12. The predicted molar refractivity (Wildman–Crippen MR) is 83.6 cm³/mol. The van der Waals surface area contributed by atoms with Gasteiger partial charge in [-0.05, 0) is 37.8 Å². The third-order valence-electron chi connectivity index (χ3n) is 2.78. The smallest absolute Gasteiger partial charge is 0.129 e. The molecule has 1 nitrogen and oxygen atoms in total. The number of hydrogen-bond acceptors (Lipinski definition) is 1. The van der Waals surface area contributed by atoms with Gasteiger partial charge < -0.3 is 5.32 Å². The van der Waals surface area contributed by atoms with Crippen LogP contribution in [0.3, 0.4) is 0 Å². The molecule has 0 aliphatic carbocycles. The van der Waals surface area contributed by atoms with E-state index < -0.39 is 0 Å². The summed E-state index contributed by atoms with van der Waals surface area (Å²) in [6.07, 6.45) is 1.01. The first-order chi connectivity index (χ1) is 8.11. The summed E-state index contributed by atoms with van der Waals surface area (Å²) in [5, 5.41) is 3.87. The van der Waals surface area contributed by atoms with Gasteiger partial charge in [0.05, 0.1) is 0 Å². The number of rotatable bonds is 4. The molecular weight excluding hydrogens is 284 g/mol. The zero-order valence-electron chi connectivity index (χ0n) is 12.3. The lowest BCUT2D eigenvalue weighted by Gasteiger charge is -2.33. The zero-order chi connectivity index (χ0) is 14.0. The van der Waals surface area contributed by atoms with Crippen LogP contribution in [0.15, 0.2) is 18.2 Å². The van der Waals surface area contributed by atoms with Gasteiger partial charge >= 0.3 is 0 Å². The fraction of sp³-hybridized carbons (Fsp3) is 0.600. The van der Waals surface area contributed by atoms with Crippen molar-refractivity contribution in [2.45, 2.75) is 53.1 Å². The van der Waals surface area contributed by atoms with Crippen LogP contribution in [0.1, 0.15) is 46.6 Å². The van der Waals surface area contributed by atoms with Crippen LogP contribution in [0.2, 0.25) is 5.02 Å². The molecule has 0 saturated heterocycles. The highest BCUT2D eigenvalue weighted by molar-refractivity contribution is 6.31. The highest BCUT2D eigenvalue weighted by Gasteiger charge is 2.25. The van der Waals surface area contributed by atoms with Gasteiger partial charge in [0, 0.05) is 22.7 Å². The first-order valence-electron chi connectivity index (χ1n) is 6.29. The molecule has 1 N–H and O–H groups in total. The van der Waals surface area contributed by atoms with Gasteiger partial charge in [-0.3, -0.25) is 0 Å². The molecule has 4 heteroatoms. The second-order valence-electron chi connectivity index (χ2n) is 6.68. The highest BCUT2D eigenvalue weighted by Crippen LogP contribution is 2.27. The lowest BCUT2D eigenvalue weighted by Crippen LogP contribution is -2.42. The van der Waals surface area contributed by atoms with Gasteiger partial charge in [-0.1, -0.05) is 38.4 Å². The minimum atomic E-state index is -0.249. The van der Waals surface area contributed by atoms with Crippen LogP contribution in [-0.4, -0.2) is 5.54 Å². The Bertz CT molecular complexity index is 391. The molecule has 1 rings (SSSR count). The molecule has 0 saturated carbocycles. The maximum atomic E-state index is 13.6. The lowest BCUT2D eigenvalue weighted by molar-refractivity contribution is 0.240. The molecule has 1 aromatic rings. The topological polar surface area (TPSA) is 12.0 Å². The molecular formula is C15H24Cl2FN. The first-order valence-corrected chi connectivity index (χ1v) is 6.66. The Balaban J connectivity index is 0.00000324. The first kappa shape index (κ1) is 18.7. The summed E-state index contributed by atoms with van der Waals surface area (Å²) >= 11 is 6.01. The molecule has 0 unspecified atom stereocenters. The van der Waals surface area contributed by atoms with E-state index in [-0.39, 0.29) is 29.2 Å². The van der Waals surface area contributed by atoms with Crippen LogP contribution in [-0.2, 0) is 6.54 Å². The van der Waals surface area contributed by atoms with Crippen LogP contribution >= 0.6 is 24.0 Å². The monoisotopic (exact) mass is 307 g/mol. The van der Waals surface area contributed by atoms with E-state index in [0.717, 1.165) is 6.42 Å². The van der Waals surface area contributed by atoms with Gasteiger partial charge in [0.2, 0.25) is 0 Å². The molecule has 0 atom stereocenters. The summed E-state index contributed by atoms with van der Waals surface area (Å²) in [5.74, 6) is -0.249. The van der Waals surface area contributed by atoms with Gasteiger partial charge in [0.25, 0.3) is 0 Å². The zero-order valence-corrected chi connectivity index (χ0v) is 13.9. The normalized spacial score (nSPS) is 12.2. The Morgan fingerprint density at radius 2 is 1.74 bits per heavy atom. The number of halogens is 3. The van der Waals surface area contributed by atoms with E-state index in [1.165, 1.54) is 6.07 Å². The van der Waals surface area contributed by atoms with E-state index in [1.54, 1.807) is 12.1 Å². The third kappa shape index (κ3) is 6.60. The molecule has 0 aliphatic rings. The van der Waals surface area contributed by atoms with Gasteiger partial charge in [-0.2, -0.15) is 0 Å². The second-order valence-corrected chi connectivity index (χ2v) is 7.08. The van der Waals surface area contributed by atoms with Gasteiger partial charge in [0.15, 0.2) is 0 Å². The Morgan fingerprint density at radius 1 is 1.16 bits per heavy atom. The third-order valence-corrected chi connectivity index (χ3v) is 3.13. The quantitative estimate of drug-likeness (QED) is 0.805. The fourth-order valence-corrected chi connectivity index (χ4v) is 2.65. The maximum Gasteiger partial charge on any atom is 0.129 e. The minimum Gasteiger partial charge on any atom is -0.308 e. The maximum absolute atomic E-state index is 13.6. The van der Waals surface area contributed by atoms with E-state index in [4.69, 9.17) is 11.6 Å². The van der Waals surface area contributed by atoms with E-state index in [9.17, 15) is 4.39 Å². The number of hydrogen-bond donors (Lipinski definition) is 1. The standard InChI is InChI=1S/C15H23ClFN.ClH/c1-14(2,3)10-15(4,5)18-9-11-12(16)7-6-8-13(11)17;/h6-8,18H,9-10H2,1-5H3;1H. The molecule has 0 radical (unpaired) electrons. The van der Waals surface area contributed by atoms with Crippen LogP contribution in [0, 0.1) is 11.2 Å².